The summed E-state index contributed by atoms with van der Waals surface area (Å²) in [6, 6.07) is 5.21. The molecule has 22 heavy (non-hydrogen) atoms. The Labute approximate surface area is 138 Å². The maximum Gasteiger partial charge on any atom is 0.262 e. The fourth-order valence-electron chi connectivity index (χ4n) is 2.30. The number of nitrogens with zero attached hydrogens (tertiary/aromatic N) is 1. The highest BCUT2D eigenvalue weighted by atomic mass is 32.2. The maximum atomic E-state index is 12.3. The van der Waals surface area contributed by atoms with Crippen LogP contribution in [0.2, 0.25) is 0 Å². The van der Waals surface area contributed by atoms with E-state index in [0.29, 0.717) is 22.0 Å². The predicted octanol–water partition coefficient (Wildman–Crippen LogP) is 2.78. The van der Waals surface area contributed by atoms with Crippen LogP contribution in [0.15, 0.2) is 34.0 Å². The van der Waals surface area contributed by atoms with E-state index < -0.39 is 9.84 Å². The summed E-state index contributed by atoms with van der Waals surface area (Å²) in [7, 11) is -3.33. The van der Waals surface area contributed by atoms with E-state index in [9.17, 15) is 8.42 Å². The first-order chi connectivity index (χ1) is 10.4. The van der Waals surface area contributed by atoms with Crippen LogP contribution in [0.25, 0.3) is 0 Å². The van der Waals surface area contributed by atoms with Gasteiger partial charge >= 0.3 is 0 Å². The molecule has 2 aromatic rings. The van der Waals surface area contributed by atoms with Crippen LogP contribution in [0.1, 0.15) is 18.1 Å². The lowest BCUT2D eigenvalue weighted by molar-refractivity contribution is 0.217. The minimum Gasteiger partial charge on any atom is -0.467 e. The van der Waals surface area contributed by atoms with Gasteiger partial charge in [0.05, 0.1) is 5.75 Å². The zero-order chi connectivity index (χ0) is 15.7. The fraction of sp³-hybridized carbons (Fsp3) is 0.286. The third-order valence-corrected chi connectivity index (χ3v) is 6.59. The van der Waals surface area contributed by atoms with Crippen molar-refractivity contribution >= 4 is 44.4 Å². The van der Waals surface area contributed by atoms with Gasteiger partial charge in [0.25, 0.3) is 5.17 Å². The largest absolute Gasteiger partial charge is 0.467 e. The molecule has 0 saturated carbocycles. The molecule has 1 aliphatic rings. The van der Waals surface area contributed by atoms with E-state index in [-0.39, 0.29) is 17.0 Å². The fourth-order valence-corrected chi connectivity index (χ4v) is 4.96. The smallest absolute Gasteiger partial charge is 0.262 e. The SMILES string of the molecule is CC1Cc2cc(CS(=O)(=O)c3cccs3)cnc2NC(=S)O1. The van der Waals surface area contributed by atoms with Gasteiger partial charge in [-0.15, -0.1) is 11.3 Å². The Hall–Kier alpha value is -1.51. The zero-order valence-corrected chi connectivity index (χ0v) is 14.2. The van der Waals surface area contributed by atoms with Gasteiger partial charge in [0.15, 0.2) is 9.84 Å². The first kappa shape index (κ1) is 15.4. The van der Waals surface area contributed by atoms with E-state index in [1.807, 2.05) is 13.0 Å². The standard InChI is InChI=1S/C14H14N2O3S3/c1-9-5-11-6-10(7-15-13(11)16-14(20)19-9)8-22(17,18)12-3-2-4-21-12/h2-4,6-7,9H,5,8H2,1H3,(H,15,16,20). The highest BCUT2D eigenvalue weighted by Crippen LogP contribution is 2.25. The molecule has 5 nitrogen and oxygen atoms in total. The molecule has 8 heteroatoms. The molecule has 1 N–H and O–H groups in total. The third-order valence-electron chi connectivity index (χ3n) is 3.22. The van der Waals surface area contributed by atoms with Crippen LogP contribution in [0, 0.1) is 0 Å². The molecule has 0 spiro atoms. The van der Waals surface area contributed by atoms with Crippen LogP contribution in [-0.2, 0) is 26.7 Å². The number of anilines is 1. The van der Waals surface area contributed by atoms with Gasteiger partial charge in [-0.3, -0.25) is 0 Å². The van der Waals surface area contributed by atoms with Crippen molar-refractivity contribution in [3.8, 4) is 0 Å². The van der Waals surface area contributed by atoms with Crippen molar-refractivity contribution in [1.29, 1.82) is 0 Å². The predicted molar refractivity (Wildman–Crippen MR) is 89.9 cm³/mol. The van der Waals surface area contributed by atoms with E-state index in [2.05, 4.69) is 10.3 Å². The lowest BCUT2D eigenvalue weighted by Gasteiger charge is -2.09. The number of hydrogen-bond acceptors (Lipinski definition) is 6. The van der Waals surface area contributed by atoms with Crippen molar-refractivity contribution < 1.29 is 13.2 Å². The van der Waals surface area contributed by atoms with Gasteiger partial charge in [0, 0.05) is 12.6 Å². The molecule has 1 unspecified atom stereocenters. The topological polar surface area (TPSA) is 68.3 Å². The van der Waals surface area contributed by atoms with E-state index >= 15 is 0 Å². The van der Waals surface area contributed by atoms with Gasteiger partial charge in [-0.05, 0) is 47.8 Å². The summed E-state index contributed by atoms with van der Waals surface area (Å²) in [5.74, 6) is 0.569. The molecule has 1 atom stereocenters. The summed E-state index contributed by atoms with van der Waals surface area (Å²) in [5, 5.41) is 4.97. The Morgan fingerprint density at radius 1 is 1.55 bits per heavy atom. The van der Waals surface area contributed by atoms with Gasteiger partial charge in [-0.2, -0.15) is 0 Å². The number of rotatable bonds is 3. The van der Waals surface area contributed by atoms with Crippen LogP contribution in [0.3, 0.4) is 0 Å². The van der Waals surface area contributed by atoms with Gasteiger partial charge < -0.3 is 10.1 Å². The Bertz CT molecular complexity index is 801. The number of ether oxygens (including phenoxy) is 1. The molecule has 3 heterocycles. The molecule has 1 aliphatic heterocycles. The summed E-state index contributed by atoms with van der Waals surface area (Å²) in [5.41, 5.74) is 1.57. The van der Waals surface area contributed by atoms with Crippen LogP contribution in [-0.4, -0.2) is 24.7 Å². The first-order valence-corrected chi connectivity index (χ1v) is 9.60. The van der Waals surface area contributed by atoms with E-state index in [1.165, 1.54) is 11.3 Å². The number of nitrogens with one attached hydrogen (secondary N) is 1. The quantitative estimate of drug-likeness (QED) is 0.855. The van der Waals surface area contributed by atoms with Crippen molar-refractivity contribution in [2.45, 2.75) is 29.4 Å². The van der Waals surface area contributed by atoms with Gasteiger partial charge in [0.2, 0.25) is 0 Å². The van der Waals surface area contributed by atoms with Crippen LogP contribution in [0.4, 0.5) is 5.82 Å². The molecule has 0 aromatic carbocycles. The van der Waals surface area contributed by atoms with E-state index in [0.717, 1.165) is 5.56 Å². The Kier molecular flexibility index (Phi) is 4.16. The molecule has 0 bridgehead atoms. The van der Waals surface area contributed by atoms with Crippen LogP contribution < -0.4 is 5.32 Å². The number of hydrogen-bond donors (Lipinski definition) is 1. The lowest BCUT2D eigenvalue weighted by atomic mass is 10.1. The van der Waals surface area contributed by atoms with Gasteiger partial charge in [-0.1, -0.05) is 6.07 Å². The average Bonchev–Trinajstić information content (AvgIpc) is 2.91. The lowest BCUT2D eigenvalue weighted by Crippen LogP contribution is -2.17. The molecule has 0 fully saturated rings. The van der Waals surface area contributed by atoms with E-state index in [4.69, 9.17) is 17.0 Å². The highest BCUT2D eigenvalue weighted by Gasteiger charge is 2.21. The highest BCUT2D eigenvalue weighted by molar-refractivity contribution is 7.92. The summed E-state index contributed by atoms with van der Waals surface area (Å²) in [4.78, 5) is 4.29. The van der Waals surface area contributed by atoms with Crippen molar-refractivity contribution in [3.05, 3.63) is 40.9 Å². The summed E-state index contributed by atoms with van der Waals surface area (Å²) in [6.07, 6.45) is 2.12. The monoisotopic (exact) mass is 354 g/mol. The molecule has 0 amide bonds. The molecule has 116 valence electrons. The first-order valence-electron chi connectivity index (χ1n) is 6.66. The van der Waals surface area contributed by atoms with Crippen LogP contribution in [0.5, 0.6) is 0 Å². The maximum absolute atomic E-state index is 12.3. The van der Waals surface area contributed by atoms with Crippen molar-refractivity contribution in [1.82, 2.24) is 4.98 Å². The molecule has 0 aliphatic carbocycles. The zero-order valence-electron chi connectivity index (χ0n) is 11.8. The second-order valence-corrected chi connectivity index (χ2v) is 8.62. The molecular weight excluding hydrogens is 340 g/mol. The average molecular weight is 354 g/mol. The molecule has 3 rings (SSSR count). The Balaban J connectivity index is 1.89. The second-order valence-electron chi connectivity index (χ2n) is 5.09. The number of thiocarbonyl (C=S) groups is 1. The normalized spacial score (nSPS) is 18.0. The van der Waals surface area contributed by atoms with Gasteiger partial charge in [0.1, 0.15) is 16.1 Å². The Morgan fingerprint density at radius 3 is 3.09 bits per heavy atom. The van der Waals surface area contributed by atoms with Crippen LogP contribution >= 0.6 is 23.6 Å². The summed E-state index contributed by atoms with van der Waals surface area (Å²) >= 11 is 6.28. The second kappa shape index (κ2) is 5.94. The van der Waals surface area contributed by atoms with Gasteiger partial charge in [-0.25, -0.2) is 13.4 Å². The minimum atomic E-state index is -3.33. The molecule has 0 radical (unpaired) electrons. The number of thiophene rings is 1. The molecule has 2 aromatic heterocycles. The number of fused-ring (bicyclic) bond motifs is 1. The summed E-state index contributed by atoms with van der Waals surface area (Å²) < 4.78 is 30.5. The minimum absolute atomic E-state index is 0.0620. The number of aromatic nitrogens is 1. The molecular formula is C14H14N2O3S3. The third kappa shape index (κ3) is 3.29. The summed E-state index contributed by atoms with van der Waals surface area (Å²) in [6.45, 7) is 1.91. The Morgan fingerprint density at radius 2 is 2.36 bits per heavy atom. The van der Waals surface area contributed by atoms with Crippen molar-refractivity contribution in [3.63, 3.8) is 0 Å². The molecule has 0 saturated heterocycles. The number of sulfone groups is 1. The number of pyridine rings is 1. The van der Waals surface area contributed by atoms with Crippen molar-refractivity contribution in [2.75, 3.05) is 5.32 Å². The van der Waals surface area contributed by atoms with Crippen molar-refractivity contribution in [2.24, 2.45) is 0 Å². The van der Waals surface area contributed by atoms with E-state index in [1.54, 1.807) is 23.7 Å².